The van der Waals surface area contributed by atoms with Crippen LogP contribution in [0, 0.1) is 5.92 Å². The van der Waals surface area contributed by atoms with E-state index in [0.717, 1.165) is 96.3 Å². The standard InChI is InChI=1S/3C16H20Cl2O.CH4/c2*17-13-6-5-12(11-14(13)18)15(7-1-2-8-15)16(19)9-3-4-10-16;17-13-7-6-11(10-14(13)18)16(8-1-2-9-16)12-4-3-5-15(12)19;/h2*5-6,11,19H,1-4,7-10H2;6-7,10,12,15,19H,1-5,8-9H2;1H4/t;;12-,15?;/m..0./s1. The molecule has 6 fully saturated rings. The molecule has 0 aliphatic heterocycles. The molecule has 58 heavy (non-hydrogen) atoms. The fourth-order valence-corrected chi connectivity index (χ4v) is 13.6. The Balaban J connectivity index is 0.000000145. The van der Waals surface area contributed by atoms with E-state index in [1.807, 2.05) is 36.4 Å². The molecule has 3 nitrogen and oxygen atoms in total. The van der Waals surface area contributed by atoms with Crippen LogP contribution in [0.5, 0.6) is 0 Å². The van der Waals surface area contributed by atoms with E-state index in [9.17, 15) is 15.3 Å². The van der Waals surface area contributed by atoms with Gasteiger partial charge in [0.25, 0.3) is 0 Å². The van der Waals surface area contributed by atoms with E-state index in [0.29, 0.717) is 36.1 Å². The van der Waals surface area contributed by atoms with Gasteiger partial charge in [-0.2, -0.15) is 0 Å². The molecule has 0 radical (unpaired) electrons. The van der Waals surface area contributed by atoms with E-state index < -0.39 is 11.2 Å². The summed E-state index contributed by atoms with van der Waals surface area (Å²) in [5, 5.41) is 36.3. The highest BCUT2D eigenvalue weighted by Gasteiger charge is 2.55. The number of halogens is 6. The zero-order valence-corrected chi connectivity index (χ0v) is 37.8. The van der Waals surface area contributed by atoms with Crippen LogP contribution >= 0.6 is 69.6 Å². The lowest BCUT2D eigenvalue weighted by Gasteiger charge is -2.44. The molecule has 1 unspecified atom stereocenters. The molecule has 3 aromatic rings. The van der Waals surface area contributed by atoms with Crippen LogP contribution in [0.1, 0.15) is 172 Å². The summed E-state index contributed by atoms with van der Waals surface area (Å²) in [6.07, 6.45) is 25.3. The van der Waals surface area contributed by atoms with Gasteiger partial charge in [-0.1, -0.05) is 166 Å². The summed E-state index contributed by atoms with van der Waals surface area (Å²) in [7, 11) is 0. The minimum Gasteiger partial charge on any atom is -0.393 e. The highest BCUT2D eigenvalue weighted by atomic mass is 35.5. The molecule has 9 heteroatoms. The maximum Gasteiger partial charge on any atom is 0.0743 e. The van der Waals surface area contributed by atoms with Crippen LogP contribution < -0.4 is 0 Å². The maximum absolute atomic E-state index is 11.2. The first-order chi connectivity index (χ1) is 27.3. The first-order valence-electron chi connectivity index (χ1n) is 21.8. The summed E-state index contributed by atoms with van der Waals surface area (Å²) in [5.41, 5.74) is 2.50. The van der Waals surface area contributed by atoms with Gasteiger partial charge in [0.15, 0.2) is 0 Å². The fraction of sp³-hybridized carbons (Fsp3) is 0.633. The van der Waals surface area contributed by atoms with Crippen molar-refractivity contribution in [2.24, 2.45) is 5.92 Å². The van der Waals surface area contributed by atoms with Crippen LogP contribution in [0.25, 0.3) is 0 Å². The van der Waals surface area contributed by atoms with Gasteiger partial charge >= 0.3 is 0 Å². The van der Waals surface area contributed by atoms with Gasteiger partial charge in [0.1, 0.15) is 0 Å². The van der Waals surface area contributed by atoms with Crippen molar-refractivity contribution in [3.8, 4) is 0 Å². The minimum atomic E-state index is -0.541. The van der Waals surface area contributed by atoms with Crippen LogP contribution in [0.2, 0.25) is 30.1 Å². The van der Waals surface area contributed by atoms with E-state index in [1.54, 1.807) is 0 Å². The summed E-state index contributed by atoms with van der Waals surface area (Å²) in [4.78, 5) is 0. The summed E-state index contributed by atoms with van der Waals surface area (Å²) in [6, 6.07) is 17.9. The summed E-state index contributed by atoms with van der Waals surface area (Å²) in [6.45, 7) is 0. The lowest BCUT2D eigenvalue weighted by atomic mass is 9.65. The van der Waals surface area contributed by atoms with Crippen molar-refractivity contribution in [2.75, 3.05) is 0 Å². The minimum absolute atomic E-state index is 0. The van der Waals surface area contributed by atoms with Gasteiger partial charge in [0.2, 0.25) is 0 Å². The zero-order chi connectivity index (χ0) is 40.5. The Hall–Kier alpha value is -0.720. The monoisotopic (exact) mass is 910 g/mol. The second-order valence-electron chi connectivity index (χ2n) is 18.4. The molecule has 6 aliphatic carbocycles. The average molecular weight is 914 g/mol. The van der Waals surface area contributed by atoms with Gasteiger partial charge in [0.05, 0.1) is 47.4 Å². The highest BCUT2D eigenvalue weighted by Crippen LogP contribution is 2.57. The number of rotatable bonds is 6. The van der Waals surface area contributed by atoms with Crippen molar-refractivity contribution in [1.82, 2.24) is 0 Å². The van der Waals surface area contributed by atoms with Crippen LogP contribution in [0.4, 0.5) is 0 Å². The molecule has 0 spiro atoms. The van der Waals surface area contributed by atoms with Crippen molar-refractivity contribution in [3.63, 3.8) is 0 Å². The van der Waals surface area contributed by atoms with Crippen LogP contribution in [0.3, 0.4) is 0 Å². The Labute approximate surface area is 378 Å². The molecular formula is C49H64Cl6O3. The third-order valence-electron chi connectivity index (χ3n) is 15.7. The Kier molecular flexibility index (Phi) is 15.6. The molecule has 3 N–H and O–H groups in total. The molecule has 6 aliphatic rings. The second-order valence-corrected chi connectivity index (χ2v) is 20.9. The number of hydrogen-bond acceptors (Lipinski definition) is 3. The Bertz CT molecular complexity index is 1740. The molecule has 2 atom stereocenters. The molecule has 0 bridgehead atoms. The molecule has 320 valence electrons. The third kappa shape index (κ3) is 8.90. The highest BCUT2D eigenvalue weighted by molar-refractivity contribution is 6.43. The Morgan fingerprint density at radius 2 is 0.724 bits per heavy atom. The molecule has 3 aromatic carbocycles. The lowest BCUT2D eigenvalue weighted by Crippen LogP contribution is -2.48. The van der Waals surface area contributed by atoms with Crippen molar-refractivity contribution in [3.05, 3.63) is 101 Å². The molecule has 0 heterocycles. The Morgan fingerprint density at radius 3 is 1.07 bits per heavy atom. The molecule has 0 aromatic heterocycles. The lowest BCUT2D eigenvalue weighted by molar-refractivity contribution is -0.0333. The first-order valence-corrected chi connectivity index (χ1v) is 24.0. The van der Waals surface area contributed by atoms with Gasteiger partial charge < -0.3 is 15.3 Å². The van der Waals surface area contributed by atoms with Crippen LogP contribution in [-0.4, -0.2) is 32.6 Å². The van der Waals surface area contributed by atoms with Crippen molar-refractivity contribution >= 4 is 69.6 Å². The average Bonchev–Trinajstić information content (AvgIpc) is 4.05. The smallest absolute Gasteiger partial charge is 0.0743 e. The largest absolute Gasteiger partial charge is 0.393 e. The maximum atomic E-state index is 11.2. The second kappa shape index (κ2) is 19.3. The quantitative estimate of drug-likeness (QED) is 0.231. The van der Waals surface area contributed by atoms with E-state index >= 15 is 0 Å². The fourth-order valence-electron chi connectivity index (χ4n) is 12.7. The van der Waals surface area contributed by atoms with Crippen molar-refractivity contribution in [1.29, 1.82) is 0 Å². The van der Waals surface area contributed by atoms with Crippen molar-refractivity contribution < 1.29 is 15.3 Å². The molecule has 9 rings (SSSR count). The predicted molar refractivity (Wildman–Crippen MR) is 247 cm³/mol. The first kappa shape index (κ1) is 46.8. The third-order valence-corrected chi connectivity index (χ3v) is 17.9. The predicted octanol–water partition coefficient (Wildman–Crippen LogP) is 15.8. The number of aliphatic hydroxyl groups excluding tert-OH is 1. The summed E-state index contributed by atoms with van der Waals surface area (Å²) >= 11 is 36.7. The molecule has 0 saturated heterocycles. The normalized spacial score (nSPS) is 26.0. The molecular weight excluding hydrogens is 849 g/mol. The van der Waals surface area contributed by atoms with Gasteiger partial charge in [-0.25, -0.2) is 0 Å². The SMILES string of the molecule is C.OC1(C2(c3ccc(Cl)c(Cl)c3)CCCC2)CCCC1.OC1(C2(c3ccc(Cl)c(Cl)c3)CCCC2)CCCC1.OC1CCC[C@@H]1C1(c2ccc(Cl)c(Cl)c2)CCCC1. The zero-order valence-electron chi connectivity index (χ0n) is 33.2. The van der Waals surface area contributed by atoms with Crippen LogP contribution in [0.15, 0.2) is 54.6 Å². The van der Waals surface area contributed by atoms with Gasteiger partial charge in [-0.05, 0) is 136 Å². The molecule has 0 amide bonds. The summed E-state index contributed by atoms with van der Waals surface area (Å²) < 4.78 is 0. The number of hydrogen-bond donors (Lipinski definition) is 3. The van der Waals surface area contributed by atoms with E-state index in [1.165, 1.54) is 68.1 Å². The van der Waals surface area contributed by atoms with Gasteiger partial charge in [-0.3, -0.25) is 0 Å². The number of aliphatic hydroxyl groups is 3. The van der Waals surface area contributed by atoms with E-state index in [-0.39, 0.29) is 29.8 Å². The van der Waals surface area contributed by atoms with Gasteiger partial charge in [-0.15, -0.1) is 0 Å². The van der Waals surface area contributed by atoms with Gasteiger partial charge in [0, 0.05) is 16.2 Å². The van der Waals surface area contributed by atoms with E-state index in [2.05, 4.69) is 18.2 Å². The molecule has 6 saturated carbocycles. The van der Waals surface area contributed by atoms with Crippen LogP contribution in [-0.2, 0) is 16.2 Å². The topological polar surface area (TPSA) is 60.7 Å². The van der Waals surface area contributed by atoms with E-state index in [4.69, 9.17) is 69.6 Å². The number of benzene rings is 3. The summed E-state index contributed by atoms with van der Waals surface area (Å²) in [5.74, 6) is 0.396. The van der Waals surface area contributed by atoms with Crippen molar-refractivity contribution in [2.45, 2.75) is 189 Å². The Morgan fingerprint density at radius 1 is 0.397 bits per heavy atom.